The molecule has 0 amide bonds. The van der Waals surface area contributed by atoms with E-state index in [-0.39, 0.29) is 24.0 Å². The second-order valence-electron chi connectivity index (χ2n) is 18.0. The molecule has 12 heterocycles. The molecule has 2 aliphatic carbocycles. The van der Waals surface area contributed by atoms with Crippen LogP contribution in [0.3, 0.4) is 0 Å². The van der Waals surface area contributed by atoms with E-state index in [0.717, 1.165) is 81.7 Å². The lowest BCUT2D eigenvalue weighted by Crippen LogP contribution is -2.35. The normalized spacial score (nSPS) is 27.1. The van der Waals surface area contributed by atoms with Crippen LogP contribution >= 0.6 is 0 Å². The van der Waals surface area contributed by atoms with Crippen LogP contribution in [-0.4, -0.2) is 97.4 Å². The number of hydrogen-bond acceptors (Lipinski definition) is 16. The van der Waals surface area contributed by atoms with Gasteiger partial charge in [-0.1, -0.05) is 0 Å². The number of aromatic nitrogens is 12. The van der Waals surface area contributed by atoms with Gasteiger partial charge in [0, 0.05) is 50.0 Å². The molecule has 2 saturated carbocycles. The number of hydrogen-bond donors (Lipinski definition) is 2. The lowest BCUT2D eigenvalue weighted by Gasteiger charge is -2.34. The predicted molar refractivity (Wildman–Crippen MR) is 217 cm³/mol. The number of anilines is 4. The fraction of sp³-hybridized carbons (Fsp3) is 0.550. The second-order valence-corrected chi connectivity index (χ2v) is 18.0. The molecule has 18 heteroatoms. The van der Waals surface area contributed by atoms with Gasteiger partial charge in [-0.15, -0.1) is 0 Å². The van der Waals surface area contributed by atoms with Gasteiger partial charge < -0.3 is 39.9 Å². The molecule has 2 atom stereocenters. The van der Waals surface area contributed by atoms with Crippen molar-refractivity contribution in [3.63, 3.8) is 0 Å². The van der Waals surface area contributed by atoms with Crippen molar-refractivity contribution in [2.24, 2.45) is 11.8 Å². The molecular formula is C40H48N16O2. The first-order chi connectivity index (χ1) is 27.8. The summed E-state index contributed by atoms with van der Waals surface area (Å²) >= 11 is 0. The maximum atomic E-state index is 6.08. The van der Waals surface area contributed by atoms with E-state index in [2.05, 4.69) is 80.4 Å². The minimum atomic E-state index is -0.470. The Morgan fingerprint density at radius 3 is 1.29 bits per heavy atom. The number of imidazole rings is 2. The van der Waals surface area contributed by atoms with E-state index in [4.69, 9.17) is 50.8 Å². The van der Waals surface area contributed by atoms with Crippen molar-refractivity contribution in [3.8, 4) is 22.8 Å². The van der Waals surface area contributed by atoms with Gasteiger partial charge in [-0.05, 0) is 79.1 Å². The minimum absolute atomic E-state index is 0.147. The van der Waals surface area contributed by atoms with E-state index in [0.29, 0.717) is 36.9 Å². The van der Waals surface area contributed by atoms with Gasteiger partial charge in [0.2, 0.25) is 11.9 Å². The molecule has 4 saturated heterocycles. The third kappa shape index (κ3) is 5.43. The molecule has 6 aromatic rings. The summed E-state index contributed by atoms with van der Waals surface area (Å²) in [5.41, 5.74) is 15.3. The van der Waals surface area contributed by atoms with Crippen molar-refractivity contribution in [2.75, 3.05) is 47.6 Å². The highest BCUT2D eigenvalue weighted by Crippen LogP contribution is 2.47. The van der Waals surface area contributed by atoms with Crippen LogP contribution in [0.25, 0.3) is 45.1 Å². The average Bonchev–Trinajstić information content (AvgIpc) is 4.03. The summed E-state index contributed by atoms with van der Waals surface area (Å²) in [4.78, 5) is 51.1. The maximum absolute atomic E-state index is 6.08. The molecule has 0 radical (unpaired) electrons. The van der Waals surface area contributed by atoms with Gasteiger partial charge in [0.05, 0.1) is 36.4 Å². The van der Waals surface area contributed by atoms with Crippen LogP contribution in [0.4, 0.5) is 23.5 Å². The zero-order valence-electron chi connectivity index (χ0n) is 33.7. The van der Waals surface area contributed by atoms with E-state index in [1.54, 1.807) is 24.8 Å². The molecule has 8 aliphatic rings. The third-order valence-electron chi connectivity index (χ3n) is 13.0. The van der Waals surface area contributed by atoms with Crippen molar-refractivity contribution in [2.45, 2.75) is 103 Å². The Labute approximate surface area is 334 Å². The summed E-state index contributed by atoms with van der Waals surface area (Å²) in [7, 11) is 0. The third-order valence-corrected chi connectivity index (χ3v) is 13.0. The van der Waals surface area contributed by atoms with Crippen molar-refractivity contribution in [3.05, 3.63) is 36.4 Å². The molecule has 6 aliphatic heterocycles. The van der Waals surface area contributed by atoms with Gasteiger partial charge in [0.15, 0.2) is 45.6 Å². The number of ether oxygens (including phenoxy) is 2. The van der Waals surface area contributed by atoms with E-state index < -0.39 is 11.2 Å². The standard InChI is InChI=1S/2C20H24N8O/c2*1-10-9-29-20(2,3)18-24-14-16(27-8-11-4-13(27)5-11)25-15(26-17(14)28(10)18)12-6-22-19(21)23-7-12/h2*6-7,10-11,13H,4-5,8-9H2,1-3H3,(H2,21,22,23)/t2*10-,11?,13?/m10/s1. The Kier molecular flexibility index (Phi) is 7.62. The van der Waals surface area contributed by atoms with Crippen LogP contribution in [0, 0.1) is 11.8 Å². The first-order valence-electron chi connectivity index (χ1n) is 20.4. The monoisotopic (exact) mass is 784 g/mol. The molecule has 6 aromatic heterocycles. The van der Waals surface area contributed by atoms with Gasteiger partial charge in [0.25, 0.3) is 0 Å². The number of nitrogens with two attached hydrogens (primary N) is 2. The lowest BCUT2D eigenvalue weighted by molar-refractivity contribution is -0.0656. The molecule has 58 heavy (non-hydrogen) atoms. The summed E-state index contributed by atoms with van der Waals surface area (Å²) in [5, 5.41) is 0. The van der Waals surface area contributed by atoms with E-state index in [9.17, 15) is 0 Å². The van der Waals surface area contributed by atoms with Crippen LogP contribution in [0.2, 0.25) is 0 Å². The summed E-state index contributed by atoms with van der Waals surface area (Å²) in [6.45, 7) is 15.8. The molecule has 0 unspecified atom stereocenters. The lowest BCUT2D eigenvalue weighted by atomic mass is 9.86. The van der Waals surface area contributed by atoms with Crippen molar-refractivity contribution in [1.29, 1.82) is 0 Å². The van der Waals surface area contributed by atoms with Crippen LogP contribution in [0.1, 0.15) is 91.0 Å². The predicted octanol–water partition coefficient (Wildman–Crippen LogP) is 4.58. The molecule has 0 aromatic carbocycles. The van der Waals surface area contributed by atoms with E-state index in [1.165, 1.54) is 25.7 Å². The van der Waals surface area contributed by atoms with E-state index >= 15 is 0 Å². The van der Waals surface area contributed by atoms with Gasteiger partial charge in [-0.3, -0.25) is 0 Å². The molecule has 6 fully saturated rings. The number of nitrogen functional groups attached to an aromatic ring is 2. The maximum Gasteiger partial charge on any atom is 0.219 e. The Bertz CT molecular complexity index is 2410. The summed E-state index contributed by atoms with van der Waals surface area (Å²) in [5.74, 6) is 6.86. The number of nitrogens with zero attached hydrogens (tertiary/aromatic N) is 14. The Hall–Kier alpha value is -5.62. The zero-order valence-corrected chi connectivity index (χ0v) is 33.7. The Morgan fingerprint density at radius 1 is 0.569 bits per heavy atom. The smallest absolute Gasteiger partial charge is 0.219 e. The van der Waals surface area contributed by atoms with Crippen molar-refractivity contribution >= 4 is 45.9 Å². The van der Waals surface area contributed by atoms with E-state index in [1.807, 2.05) is 0 Å². The molecule has 4 bridgehead atoms. The quantitative estimate of drug-likeness (QED) is 0.250. The van der Waals surface area contributed by atoms with Gasteiger partial charge in [0.1, 0.15) is 22.9 Å². The molecule has 300 valence electrons. The Morgan fingerprint density at radius 2 is 0.948 bits per heavy atom. The number of rotatable bonds is 4. The minimum Gasteiger partial charge on any atom is -0.368 e. The molecular weight excluding hydrogens is 737 g/mol. The molecule has 18 nitrogen and oxygen atoms in total. The number of fused-ring (bicyclic) bond motifs is 8. The Balaban J connectivity index is 0.000000133. The molecule has 4 N–H and O–H groups in total. The summed E-state index contributed by atoms with van der Waals surface area (Å²) in [6.07, 6.45) is 11.7. The molecule has 0 spiro atoms. The van der Waals surface area contributed by atoms with Gasteiger partial charge >= 0.3 is 0 Å². The SMILES string of the molecule is C[C@@H]1COC(C)(C)c2nc3c(N4CC5CC4C5)nc(-c4cnc(N)nc4)nc3n21.C[C@H]1COC(C)(C)c2nc3c(N4CC5CC4C5)nc(-c4cnc(N)nc4)nc3n21. The molecule has 14 rings (SSSR count). The highest BCUT2D eigenvalue weighted by atomic mass is 16.5. The first-order valence-corrected chi connectivity index (χ1v) is 20.4. The van der Waals surface area contributed by atoms with Crippen LogP contribution in [0.5, 0.6) is 0 Å². The highest BCUT2D eigenvalue weighted by molar-refractivity contribution is 5.88. The fourth-order valence-corrected chi connectivity index (χ4v) is 9.69. The fourth-order valence-electron chi connectivity index (χ4n) is 9.69. The summed E-state index contributed by atoms with van der Waals surface area (Å²) < 4.78 is 16.6. The average molecular weight is 785 g/mol. The van der Waals surface area contributed by atoms with Crippen LogP contribution < -0.4 is 21.3 Å². The first kappa shape index (κ1) is 35.5. The second kappa shape index (κ2) is 12.4. The van der Waals surface area contributed by atoms with Crippen LogP contribution in [-0.2, 0) is 20.7 Å². The summed E-state index contributed by atoms with van der Waals surface area (Å²) in [6, 6.07) is 1.39. The van der Waals surface area contributed by atoms with Crippen molar-refractivity contribution < 1.29 is 9.47 Å². The largest absolute Gasteiger partial charge is 0.368 e. The van der Waals surface area contributed by atoms with Gasteiger partial charge in [-0.25, -0.2) is 49.8 Å². The topological polar surface area (TPSA) is 216 Å². The van der Waals surface area contributed by atoms with Crippen LogP contribution in [0.15, 0.2) is 24.8 Å². The van der Waals surface area contributed by atoms with Crippen molar-refractivity contribution in [1.82, 2.24) is 59.0 Å². The highest BCUT2D eigenvalue weighted by Gasteiger charge is 2.47. The van der Waals surface area contributed by atoms with Gasteiger partial charge in [-0.2, -0.15) is 0 Å². The zero-order chi connectivity index (χ0) is 39.8.